The van der Waals surface area contributed by atoms with Crippen LogP contribution in [0.4, 0.5) is 0 Å². The smallest absolute Gasteiger partial charge is 0.270 e. The first kappa shape index (κ1) is 17.0. The Balaban J connectivity index is 1.81. The number of ether oxygens (including phenoxy) is 2. The molecule has 0 radical (unpaired) electrons. The van der Waals surface area contributed by atoms with Crippen molar-refractivity contribution in [2.75, 3.05) is 14.2 Å². The topological polar surface area (TPSA) is 60.5 Å². The molecule has 1 amide bonds. The van der Waals surface area contributed by atoms with E-state index in [1.54, 1.807) is 32.4 Å². The van der Waals surface area contributed by atoms with Gasteiger partial charge in [-0.3, -0.25) is 4.79 Å². The van der Waals surface area contributed by atoms with Gasteiger partial charge in [0.2, 0.25) is 0 Å². The Morgan fingerprint density at radius 2 is 1.92 bits per heavy atom. The van der Waals surface area contributed by atoms with Crippen molar-refractivity contribution in [2.24, 2.45) is 0 Å². The lowest BCUT2D eigenvalue weighted by molar-refractivity contribution is 0.0946. The lowest BCUT2D eigenvalue weighted by atomic mass is 10.1. The van der Waals surface area contributed by atoms with Crippen LogP contribution in [0.1, 0.15) is 16.1 Å². The summed E-state index contributed by atoms with van der Waals surface area (Å²) in [6.07, 6.45) is 0. The van der Waals surface area contributed by atoms with Crippen molar-refractivity contribution in [3.8, 4) is 11.5 Å². The van der Waals surface area contributed by atoms with Crippen LogP contribution in [-0.2, 0) is 6.54 Å². The highest BCUT2D eigenvalue weighted by Crippen LogP contribution is 2.24. The second-order valence-corrected chi connectivity index (χ2v) is 5.74. The molecule has 1 N–H and O–H groups in total. The van der Waals surface area contributed by atoms with Gasteiger partial charge in [0.1, 0.15) is 22.3 Å². The van der Waals surface area contributed by atoms with Gasteiger partial charge in [-0.05, 0) is 29.7 Å². The Morgan fingerprint density at radius 3 is 2.68 bits per heavy atom. The van der Waals surface area contributed by atoms with Crippen LogP contribution in [0.25, 0.3) is 10.8 Å². The fourth-order valence-electron chi connectivity index (χ4n) is 2.56. The number of carbonyl (C=O) groups excluding carboxylic acids is 1. The van der Waals surface area contributed by atoms with Crippen molar-refractivity contribution in [3.05, 3.63) is 64.9 Å². The van der Waals surface area contributed by atoms with E-state index in [1.165, 1.54) is 0 Å². The summed E-state index contributed by atoms with van der Waals surface area (Å²) < 4.78 is 10.5. The number of hydrogen-bond acceptors (Lipinski definition) is 4. The fourth-order valence-corrected chi connectivity index (χ4v) is 2.82. The van der Waals surface area contributed by atoms with Gasteiger partial charge >= 0.3 is 0 Å². The number of nitrogens with zero attached hydrogens (tertiary/aromatic N) is 1. The first-order valence-corrected chi connectivity index (χ1v) is 8.04. The van der Waals surface area contributed by atoms with Gasteiger partial charge in [0.15, 0.2) is 0 Å². The molecule has 0 aliphatic rings. The number of carbonyl (C=O) groups is 1. The molecule has 3 rings (SSSR count). The third-order valence-corrected chi connectivity index (χ3v) is 4.14. The number of rotatable bonds is 5. The van der Waals surface area contributed by atoms with E-state index in [-0.39, 0.29) is 18.1 Å². The van der Waals surface area contributed by atoms with E-state index in [0.717, 1.165) is 16.3 Å². The minimum atomic E-state index is -0.308. The van der Waals surface area contributed by atoms with Gasteiger partial charge in [0.05, 0.1) is 14.2 Å². The summed E-state index contributed by atoms with van der Waals surface area (Å²) in [5, 5.41) is 4.83. The molecule has 1 aromatic heterocycles. The molecular weight excluding hydrogens is 340 g/mol. The van der Waals surface area contributed by atoms with Crippen LogP contribution < -0.4 is 14.8 Å². The predicted molar refractivity (Wildman–Crippen MR) is 97.5 cm³/mol. The molecular formula is C19H17ClN2O3. The number of aromatic nitrogens is 1. The van der Waals surface area contributed by atoms with E-state index in [0.29, 0.717) is 16.7 Å². The molecule has 0 bridgehead atoms. The Labute approximate surface area is 150 Å². The van der Waals surface area contributed by atoms with Gasteiger partial charge < -0.3 is 14.8 Å². The van der Waals surface area contributed by atoms with Crippen LogP contribution in [0.2, 0.25) is 5.15 Å². The van der Waals surface area contributed by atoms with Crippen molar-refractivity contribution in [3.63, 3.8) is 0 Å². The summed E-state index contributed by atoms with van der Waals surface area (Å²) in [4.78, 5) is 16.7. The van der Waals surface area contributed by atoms with Gasteiger partial charge in [-0.2, -0.15) is 0 Å². The number of fused-ring (bicyclic) bond motifs is 1. The van der Waals surface area contributed by atoms with Crippen LogP contribution in [0.15, 0.2) is 48.5 Å². The Hall–Kier alpha value is -2.79. The standard InChI is InChI=1S/C19H17ClN2O3/c1-24-14-7-8-17(25-2)13(9-14)11-21-19(23)16-10-12-5-3-4-6-15(12)18(20)22-16/h3-10H,11H2,1-2H3,(H,21,23). The highest BCUT2D eigenvalue weighted by atomic mass is 35.5. The molecule has 128 valence electrons. The van der Waals surface area contributed by atoms with E-state index < -0.39 is 0 Å². The Kier molecular flexibility index (Phi) is 5.05. The van der Waals surface area contributed by atoms with Crippen molar-refractivity contribution in [2.45, 2.75) is 6.54 Å². The van der Waals surface area contributed by atoms with Crippen molar-refractivity contribution in [1.82, 2.24) is 10.3 Å². The van der Waals surface area contributed by atoms with E-state index in [4.69, 9.17) is 21.1 Å². The zero-order valence-corrected chi connectivity index (χ0v) is 14.6. The third kappa shape index (κ3) is 3.67. The van der Waals surface area contributed by atoms with E-state index in [2.05, 4.69) is 10.3 Å². The first-order valence-electron chi connectivity index (χ1n) is 7.66. The van der Waals surface area contributed by atoms with Crippen molar-refractivity contribution in [1.29, 1.82) is 0 Å². The maximum atomic E-state index is 12.5. The molecule has 0 atom stereocenters. The van der Waals surface area contributed by atoms with Gasteiger partial charge in [-0.15, -0.1) is 0 Å². The summed E-state index contributed by atoms with van der Waals surface area (Å²) >= 11 is 6.18. The molecule has 0 fully saturated rings. The molecule has 1 heterocycles. The number of nitrogens with one attached hydrogen (secondary N) is 1. The number of methoxy groups -OCH3 is 2. The first-order chi connectivity index (χ1) is 12.1. The SMILES string of the molecule is COc1ccc(OC)c(CNC(=O)c2cc3ccccc3c(Cl)n2)c1. The average molecular weight is 357 g/mol. The van der Waals surface area contributed by atoms with Crippen molar-refractivity contribution < 1.29 is 14.3 Å². The molecule has 2 aromatic carbocycles. The zero-order valence-electron chi connectivity index (χ0n) is 13.9. The van der Waals surface area contributed by atoms with Crippen LogP contribution in [-0.4, -0.2) is 25.1 Å². The predicted octanol–water partition coefficient (Wildman–Crippen LogP) is 3.84. The van der Waals surface area contributed by atoms with Crippen LogP contribution in [0.5, 0.6) is 11.5 Å². The number of benzene rings is 2. The Bertz CT molecular complexity index is 928. The lowest BCUT2D eigenvalue weighted by Crippen LogP contribution is -2.24. The van der Waals surface area contributed by atoms with Gasteiger partial charge in [0.25, 0.3) is 5.91 Å². The molecule has 25 heavy (non-hydrogen) atoms. The minimum Gasteiger partial charge on any atom is -0.497 e. The largest absolute Gasteiger partial charge is 0.497 e. The highest BCUT2D eigenvalue weighted by Gasteiger charge is 2.12. The molecule has 0 aliphatic heterocycles. The number of amides is 1. The van der Waals surface area contributed by atoms with E-state index >= 15 is 0 Å². The number of halogens is 1. The molecule has 0 spiro atoms. The molecule has 0 saturated heterocycles. The summed E-state index contributed by atoms with van der Waals surface area (Å²) in [7, 11) is 3.17. The summed E-state index contributed by atoms with van der Waals surface area (Å²) in [5.41, 5.74) is 1.08. The molecule has 5 nitrogen and oxygen atoms in total. The lowest BCUT2D eigenvalue weighted by Gasteiger charge is -2.11. The second kappa shape index (κ2) is 7.40. The molecule has 0 aliphatic carbocycles. The zero-order chi connectivity index (χ0) is 17.8. The van der Waals surface area contributed by atoms with E-state index in [9.17, 15) is 4.79 Å². The summed E-state index contributed by atoms with van der Waals surface area (Å²) in [6, 6.07) is 14.7. The number of hydrogen-bond donors (Lipinski definition) is 1. The quantitative estimate of drug-likeness (QED) is 0.706. The third-order valence-electron chi connectivity index (χ3n) is 3.85. The average Bonchev–Trinajstić information content (AvgIpc) is 2.65. The molecule has 0 unspecified atom stereocenters. The van der Waals surface area contributed by atoms with Crippen LogP contribution in [0, 0.1) is 0 Å². The molecule has 6 heteroatoms. The second-order valence-electron chi connectivity index (χ2n) is 5.38. The monoisotopic (exact) mass is 356 g/mol. The van der Waals surface area contributed by atoms with Gasteiger partial charge in [-0.25, -0.2) is 4.98 Å². The number of pyridine rings is 1. The normalized spacial score (nSPS) is 10.5. The maximum Gasteiger partial charge on any atom is 0.270 e. The maximum absolute atomic E-state index is 12.5. The van der Waals surface area contributed by atoms with Crippen LogP contribution >= 0.6 is 11.6 Å². The Morgan fingerprint density at radius 1 is 1.12 bits per heavy atom. The molecule has 0 saturated carbocycles. The van der Waals surface area contributed by atoms with Gasteiger partial charge in [0, 0.05) is 17.5 Å². The summed E-state index contributed by atoms with van der Waals surface area (Å²) in [5.74, 6) is 1.06. The van der Waals surface area contributed by atoms with E-state index in [1.807, 2.05) is 30.3 Å². The van der Waals surface area contributed by atoms with Crippen molar-refractivity contribution >= 4 is 28.3 Å². The minimum absolute atomic E-state index is 0.269. The fraction of sp³-hybridized carbons (Fsp3) is 0.158. The highest BCUT2D eigenvalue weighted by molar-refractivity contribution is 6.34. The van der Waals surface area contributed by atoms with Crippen LogP contribution in [0.3, 0.4) is 0 Å². The molecule has 3 aromatic rings. The summed E-state index contributed by atoms with van der Waals surface area (Å²) in [6.45, 7) is 0.283. The van der Waals surface area contributed by atoms with Gasteiger partial charge in [-0.1, -0.05) is 35.9 Å².